The fraction of sp³-hybridized carbons (Fsp3) is 0.250. The van der Waals surface area contributed by atoms with Crippen LogP contribution in [-0.2, 0) is 24.8 Å². The van der Waals surface area contributed by atoms with Crippen molar-refractivity contribution in [3.63, 3.8) is 0 Å². The molecule has 4 rings (SSSR count). The van der Waals surface area contributed by atoms with Crippen molar-refractivity contribution in [2.45, 2.75) is 26.3 Å². The molecule has 0 saturated heterocycles. The van der Waals surface area contributed by atoms with Gasteiger partial charge in [0.25, 0.3) is 5.89 Å². The minimum Gasteiger partial charge on any atom is -0.419 e. The molecule has 0 bridgehead atoms. The van der Waals surface area contributed by atoms with Gasteiger partial charge in [0.1, 0.15) is 5.69 Å². The highest BCUT2D eigenvalue weighted by molar-refractivity contribution is 5.90. The van der Waals surface area contributed by atoms with Crippen LogP contribution in [0.5, 0.6) is 0 Å². The average Bonchev–Trinajstić information content (AvgIpc) is 3.42. The van der Waals surface area contributed by atoms with Crippen LogP contribution >= 0.6 is 0 Å². The predicted octanol–water partition coefficient (Wildman–Crippen LogP) is 2.59. The fourth-order valence-electron chi connectivity index (χ4n) is 3.04. The van der Waals surface area contributed by atoms with Gasteiger partial charge in [-0.05, 0) is 36.8 Å². The third-order valence-corrected chi connectivity index (χ3v) is 4.37. The molecule has 4 aromatic rings. The Morgan fingerprint density at radius 3 is 2.86 bits per heavy atom. The van der Waals surface area contributed by atoms with Crippen molar-refractivity contribution in [2.75, 3.05) is 5.32 Å². The van der Waals surface area contributed by atoms with Crippen LogP contribution in [0.25, 0.3) is 11.6 Å². The van der Waals surface area contributed by atoms with E-state index in [0.717, 1.165) is 22.6 Å². The van der Waals surface area contributed by atoms with Crippen LogP contribution in [0, 0.1) is 6.92 Å². The van der Waals surface area contributed by atoms with Crippen molar-refractivity contribution in [1.82, 2.24) is 29.8 Å². The summed E-state index contributed by atoms with van der Waals surface area (Å²) in [5.74, 6) is 0.702. The molecule has 29 heavy (non-hydrogen) atoms. The standard InChI is InChI=1S/C20H21N7O2/c1-14-11-17(26(2)25-14)20-24-23-19(29-20)8-7-18(28)22-16-6-3-5-15(12-16)13-27-10-4-9-21-27/h3-6,9-12H,7-8,13H2,1-2H3,(H,22,28). The van der Waals surface area contributed by atoms with Crippen LogP contribution in [0.1, 0.15) is 23.6 Å². The molecule has 3 heterocycles. The summed E-state index contributed by atoms with van der Waals surface area (Å²) in [6.07, 6.45) is 4.25. The molecular weight excluding hydrogens is 370 g/mol. The number of benzene rings is 1. The number of carbonyl (C=O) groups is 1. The van der Waals surface area contributed by atoms with Crippen molar-refractivity contribution in [2.24, 2.45) is 7.05 Å². The normalized spacial score (nSPS) is 11.0. The lowest BCUT2D eigenvalue weighted by atomic mass is 10.2. The minimum atomic E-state index is -0.114. The highest BCUT2D eigenvalue weighted by Gasteiger charge is 2.14. The third-order valence-electron chi connectivity index (χ3n) is 4.37. The molecule has 0 aliphatic heterocycles. The van der Waals surface area contributed by atoms with E-state index in [1.54, 1.807) is 10.9 Å². The quantitative estimate of drug-likeness (QED) is 0.519. The maximum absolute atomic E-state index is 12.3. The predicted molar refractivity (Wildman–Crippen MR) is 106 cm³/mol. The van der Waals surface area contributed by atoms with E-state index < -0.39 is 0 Å². The van der Waals surface area contributed by atoms with Crippen molar-refractivity contribution in [3.05, 3.63) is 65.9 Å². The van der Waals surface area contributed by atoms with Crippen molar-refractivity contribution < 1.29 is 9.21 Å². The third kappa shape index (κ3) is 4.57. The van der Waals surface area contributed by atoms with Gasteiger partial charge < -0.3 is 9.73 Å². The Balaban J connectivity index is 1.33. The second-order valence-electron chi connectivity index (χ2n) is 6.75. The van der Waals surface area contributed by atoms with Crippen LogP contribution < -0.4 is 5.32 Å². The number of nitrogens with one attached hydrogen (secondary N) is 1. The van der Waals surface area contributed by atoms with Gasteiger partial charge >= 0.3 is 0 Å². The molecule has 3 aromatic heterocycles. The molecule has 1 N–H and O–H groups in total. The van der Waals surface area contributed by atoms with Crippen LogP contribution in [0.15, 0.2) is 53.2 Å². The molecule has 0 radical (unpaired) electrons. The first-order valence-corrected chi connectivity index (χ1v) is 9.26. The Labute approximate surface area is 167 Å². The molecule has 9 heteroatoms. The lowest BCUT2D eigenvalue weighted by Gasteiger charge is -2.07. The first-order valence-electron chi connectivity index (χ1n) is 9.26. The number of aryl methyl sites for hydroxylation is 3. The average molecular weight is 391 g/mol. The number of anilines is 1. The number of nitrogens with zero attached hydrogens (tertiary/aromatic N) is 6. The van der Waals surface area contributed by atoms with Gasteiger partial charge in [-0.1, -0.05) is 12.1 Å². The molecule has 148 valence electrons. The van der Waals surface area contributed by atoms with E-state index in [0.29, 0.717) is 24.7 Å². The van der Waals surface area contributed by atoms with E-state index in [4.69, 9.17) is 4.42 Å². The molecule has 1 aromatic carbocycles. The van der Waals surface area contributed by atoms with Gasteiger partial charge in [0.2, 0.25) is 11.8 Å². The Kier molecular flexibility index (Phi) is 5.19. The van der Waals surface area contributed by atoms with Crippen LogP contribution in [-0.4, -0.2) is 35.7 Å². The maximum atomic E-state index is 12.3. The number of aromatic nitrogens is 6. The van der Waals surface area contributed by atoms with E-state index in [2.05, 4.69) is 25.7 Å². The summed E-state index contributed by atoms with van der Waals surface area (Å²) in [6.45, 7) is 2.55. The van der Waals surface area contributed by atoms with Crippen molar-refractivity contribution in [1.29, 1.82) is 0 Å². The zero-order chi connectivity index (χ0) is 20.2. The van der Waals surface area contributed by atoms with Gasteiger partial charge in [-0.3, -0.25) is 14.2 Å². The lowest BCUT2D eigenvalue weighted by Crippen LogP contribution is -2.12. The van der Waals surface area contributed by atoms with Crippen LogP contribution in [0.2, 0.25) is 0 Å². The Morgan fingerprint density at radius 2 is 2.10 bits per heavy atom. The van der Waals surface area contributed by atoms with Crippen LogP contribution in [0.4, 0.5) is 5.69 Å². The molecule has 0 fully saturated rings. The molecule has 0 saturated carbocycles. The zero-order valence-electron chi connectivity index (χ0n) is 16.2. The number of amides is 1. The topological polar surface area (TPSA) is 104 Å². The molecule has 0 aliphatic rings. The summed E-state index contributed by atoms with van der Waals surface area (Å²) in [4.78, 5) is 12.3. The molecule has 0 atom stereocenters. The summed E-state index contributed by atoms with van der Waals surface area (Å²) in [5, 5.41) is 19.5. The molecule has 0 unspecified atom stereocenters. The van der Waals surface area contributed by atoms with Crippen molar-refractivity contribution >= 4 is 11.6 Å². The summed E-state index contributed by atoms with van der Waals surface area (Å²) in [7, 11) is 1.82. The van der Waals surface area contributed by atoms with E-state index in [1.807, 2.05) is 61.2 Å². The molecule has 9 nitrogen and oxygen atoms in total. The minimum absolute atomic E-state index is 0.114. The second-order valence-corrected chi connectivity index (χ2v) is 6.75. The maximum Gasteiger partial charge on any atom is 0.265 e. The Morgan fingerprint density at radius 1 is 1.21 bits per heavy atom. The number of rotatable bonds is 7. The summed E-state index contributed by atoms with van der Waals surface area (Å²) < 4.78 is 9.19. The monoisotopic (exact) mass is 391 g/mol. The van der Waals surface area contributed by atoms with E-state index in [-0.39, 0.29) is 12.3 Å². The van der Waals surface area contributed by atoms with Gasteiger partial charge in [0.15, 0.2) is 0 Å². The molecule has 0 aliphatic carbocycles. The summed E-state index contributed by atoms with van der Waals surface area (Å²) >= 11 is 0. The Bertz CT molecular complexity index is 1110. The van der Waals surface area contributed by atoms with Gasteiger partial charge in [0, 0.05) is 38.0 Å². The van der Waals surface area contributed by atoms with E-state index in [9.17, 15) is 4.79 Å². The van der Waals surface area contributed by atoms with Gasteiger partial charge in [0.05, 0.1) is 12.2 Å². The smallest absolute Gasteiger partial charge is 0.265 e. The van der Waals surface area contributed by atoms with Crippen molar-refractivity contribution in [3.8, 4) is 11.6 Å². The first kappa shape index (κ1) is 18.6. The fourth-order valence-corrected chi connectivity index (χ4v) is 3.04. The summed E-state index contributed by atoms with van der Waals surface area (Å²) in [6, 6.07) is 11.5. The van der Waals surface area contributed by atoms with E-state index in [1.165, 1.54) is 0 Å². The van der Waals surface area contributed by atoms with Gasteiger partial charge in [-0.2, -0.15) is 10.2 Å². The largest absolute Gasteiger partial charge is 0.419 e. The summed E-state index contributed by atoms with van der Waals surface area (Å²) in [5.41, 5.74) is 3.42. The molecular formula is C20H21N7O2. The highest BCUT2D eigenvalue weighted by atomic mass is 16.4. The first-order chi connectivity index (χ1) is 14.1. The SMILES string of the molecule is Cc1cc(-c2nnc(CCC(=O)Nc3cccc(Cn4cccn4)c3)o2)n(C)n1. The number of hydrogen-bond acceptors (Lipinski definition) is 6. The van der Waals surface area contributed by atoms with Crippen LogP contribution in [0.3, 0.4) is 0 Å². The zero-order valence-corrected chi connectivity index (χ0v) is 16.2. The van der Waals surface area contributed by atoms with E-state index >= 15 is 0 Å². The Hall–Kier alpha value is -3.75. The van der Waals surface area contributed by atoms with Gasteiger partial charge in [-0.25, -0.2) is 0 Å². The molecule has 0 spiro atoms. The second kappa shape index (κ2) is 8.09. The van der Waals surface area contributed by atoms with Gasteiger partial charge in [-0.15, -0.1) is 10.2 Å². The number of hydrogen-bond donors (Lipinski definition) is 1. The molecule has 1 amide bonds. The lowest BCUT2D eigenvalue weighted by molar-refractivity contribution is -0.116. The highest BCUT2D eigenvalue weighted by Crippen LogP contribution is 2.19. The number of carbonyl (C=O) groups excluding carboxylic acids is 1.